The molecule has 182 valence electrons. The molecule has 35 heavy (non-hydrogen) atoms. The monoisotopic (exact) mass is 500 g/mol. The van der Waals surface area contributed by atoms with Crippen molar-refractivity contribution in [2.45, 2.75) is 20.3 Å². The summed E-state index contributed by atoms with van der Waals surface area (Å²) in [5, 5.41) is 7.72. The fourth-order valence-electron chi connectivity index (χ4n) is 3.30. The molecule has 0 aliphatic rings. The van der Waals surface area contributed by atoms with Crippen LogP contribution in [0.4, 0.5) is 35.4 Å². The molecule has 0 bridgehead atoms. The van der Waals surface area contributed by atoms with E-state index in [0.717, 1.165) is 24.6 Å². The third kappa shape index (κ3) is 6.54. The molecule has 0 unspecified atom stereocenters. The highest BCUT2D eigenvalue weighted by molar-refractivity contribution is 6.30. The van der Waals surface area contributed by atoms with Crippen LogP contribution < -0.4 is 20.9 Å². The van der Waals surface area contributed by atoms with Crippen molar-refractivity contribution in [3.63, 3.8) is 0 Å². The maximum atomic E-state index is 13.7. The standard InChI is InChI=1S/C25H23ClF2N4O3/c1-3-13-32(18-10-7-16(26)8-11-18)25(35)30-21-12-9-17(14-15(21)2)29-24(34)31-23(33)22-19(27)5-4-6-20(22)28/h4-12,14H,3,13H2,1-2H3,(H,30,35)(H2,29,31,33,34). The number of rotatable bonds is 6. The number of nitrogens with zero attached hydrogens (tertiary/aromatic N) is 1. The summed E-state index contributed by atoms with van der Waals surface area (Å²) in [5.41, 5.74) is 1.30. The van der Waals surface area contributed by atoms with Crippen LogP contribution in [0.15, 0.2) is 60.7 Å². The predicted molar refractivity (Wildman–Crippen MR) is 132 cm³/mol. The number of hydrogen-bond acceptors (Lipinski definition) is 3. The molecule has 0 saturated carbocycles. The van der Waals surface area contributed by atoms with Gasteiger partial charge in [0.05, 0.1) is 0 Å². The summed E-state index contributed by atoms with van der Waals surface area (Å²) in [6.07, 6.45) is 0.739. The van der Waals surface area contributed by atoms with Crippen LogP contribution in [0.5, 0.6) is 0 Å². The first-order chi connectivity index (χ1) is 16.7. The SMILES string of the molecule is CCCN(C(=O)Nc1ccc(NC(=O)NC(=O)c2c(F)cccc2F)cc1C)c1ccc(Cl)cc1. The van der Waals surface area contributed by atoms with Crippen LogP contribution in [0.2, 0.25) is 5.02 Å². The zero-order valence-corrected chi connectivity index (χ0v) is 19.7. The molecule has 3 aromatic carbocycles. The number of nitrogens with one attached hydrogen (secondary N) is 3. The highest BCUT2D eigenvalue weighted by Crippen LogP contribution is 2.23. The average molecular weight is 501 g/mol. The van der Waals surface area contributed by atoms with Crippen molar-refractivity contribution in [2.75, 3.05) is 22.1 Å². The molecule has 0 radical (unpaired) electrons. The number of urea groups is 2. The molecule has 7 nitrogen and oxygen atoms in total. The van der Waals surface area contributed by atoms with Gasteiger partial charge in [0, 0.05) is 28.6 Å². The second-order valence-corrected chi connectivity index (χ2v) is 8.03. The number of carbonyl (C=O) groups excluding carboxylic acids is 3. The molecular weight excluding hydrogens is 478 g/mol. The van der Waals surface area contributed by atoms with E-state index in [1.54, 1.807) is 48.2 Å². The lowest BCUT2D eigenvalue weighted by molar-refractivity contribution is 0.0959. The Morgan fingerprint density at radius 3 is 2.20 bits per heavy atom. The summed E-state index contributed by atoms with van der Waals surface area (Å²) in [6.45, 7) is 4.17. The number of hydrogen-bond donors (Lipinski definition) is 3. The number of amides is 5. The quantitative estimate of drug-likeness (QED) is 0.369. The minimum Gasteiger partial charge on any atom is -0.308 e. The second-order valence-electron chi connectivity index (χ2n) is 7.59. The molecular formula is C25H23ClF2N4O3. The Bertz CT molecular complexity index is 1230. The number of benzene rings is 3. The summed E-state index contributed by atoms with van der Waals surface area (Å²) >= 11 is 5.94. The Balaban J connectivity index is 1.66. The van der Waals surface area contributed by atoms with Crippen LogP contribution in [0.3, 0.4) is 0 Å². The molecule has 3 N–H and O–H groups in total. The van der Waals surface area contributed by atoms with Gasteiger partial charge in [-0.25, -0.2) is 18.4 Å². The van der Waals surface area contributed by atoms with E-state index in [-0.39, 0.29) is 6.03 Å². The van der Waals surface area contributed by atoms with Crippen LogP contribution in [0.25, 0.3) is 0 Å². The van der Waals surface area contributed by atoms with Crippen molar-refractivity contribution in [3.8, 4) is 0 Å². The van der Waals surface area contributed by atoms with E-state index in [0.29, 0.717) is 34.2 Å². The van der Waals surface area contributed by atoms with Gasteiger partial charge in [-0.1, -0.05) is 24.6 Å². The lowest BCUT2D eigenvalue weighted by Crippen LogP contribution is -2.36. The predicted octanol–water partition coefficient (Wildman–Crippen LogP) is 6.34. The summed E-state index contributed by atoms with van der Waals surface area (Å²) in [5.74, 6) is -3.37. The maximum Gasteiger partial charge on any atom is 0.326 e. The van der Waals surface area contributed by atoms with Gasteiger partial charge in [0.1, 0.15) is 17.2 Å². The van der Waals surface area contributed by atoms with Gasteiger partial charge in [-0.15, -0.1) is 0 Å². The van der Waals surface area contributed by atoms with Crippen LogP contribution in [0.1, 0.15) is 29.3 Å². The third-order valence-corrected chi connectivity index (χ3v) is 5.23. The molecule has 3 aromatic rings. The number of imide groups is 1. The van der Waals surface area contributed by atoms with Gasteiger partial charge in [0.2, 0.25) is 0 Å². The zero-order chi connectivity index (χ0) is 25.5. The molecule has 10 heteroatoms. The highest BCUT2D eigenvalue weighted by Gasteiger charge is 2.20. The highest BCUT2D eigenvalue weighted by atomic mass is 35.5. The van der Waals surface area contributed by atoms with Gasteiger partial charge < -0.3 is 10.6 Å². The van der Waals surface area contributed by atoms with Gasteiger partial charge in [-0.05, 0) is 73.5 Å². The fraction of sp³-hybridized carbons (Fsp3) is 0.160. The number of anilines is 3. The number of carbonyl (C=O) groups is 3. The molecule has 5 amide bonds. The van der Waals surface area contributed by atoms with Crippen molar-refractivity contribution in [2.24, 2.45) is 0 Å². The van der Waals surface area contributed by atoms with Crippen LogP contribution in [0, 0.1) is 18.6 Å². The van der Waals surface area contributed by atoms with E-state index in [9.17, 15) is 23.2 Å². The fourth-order valence-corrected chi connectivity index (χ4v) is 3.43. The number of halogens is 3. The van der Waals surface area contributed by atoms with Gasteiger partial charge in [0.25, 0.3) is 5.91 Å². The Labute approximate surface area is 206 Å². The van der Waals surface area contributed by atoms with E-state index >= 15 is 0 Å². The van der Waals surface area contributed by atoms with E-state index in [1.807, 2.05) is 12.2 Å². The van der Waals surface area contributed by atoms with Gasteiger partial charge in [-0.2, -0.15) is 0 Å². The normalized spacial score (nSPS) is 10.4. The maximum absolute atomic E-state index is 13.7. The molecule has 3 rings (SSSR count). The lowest BCUT2D eigenvalue weighted by atomic mass is 10.1. The summed E-state index contributed by atoms with van der Waals surface area (Å²) in [7, 11) is 0. The Kier molecular flexibility index (Phi) is 8.38. The summed E-state index contributed by atoms with van der Waals surface area (Å²) < 4.78 is 27.5. The molecule has 0 aliphatic heterocycles. The Morgan fingerprint density at radius 1 is 0.943 bits per heavy atom. The van der Waals surface area contributed by atoms with Crippen LogP contribution in [-0.2, 0) is 0 Å². The summed E-state index contributed by atoms with van der Waals surface area (Å²) in [4.78, 5) is 38.7. The first-order valence-electron chi connectivity index (χ1n) is 10.7. The van der Waals surface area contributed by atoms with Crippen molar-refractivity contribution >= 4 is 46.6 Å². The van der Waals surface area contributed by atoms with E-state index < -0.39 is 29.1 Å². The smallest absolute Gasteiger partial charge is 0.308 e. The second kappa shape index (κ2) is 11.4. The van der Waals surface area contributed by atoms with E-state index in [2.05, 4.69) is 10.6 Å². The average Bonchev–Trinajstić information content (AvgIpc) is 2.79. The topological polar surface area (TPSA) is 90.5 Å². The van der Waals surface area contributed by atoms with Crippen molar-refractivity contribution in [1.29, 1.82) is 0 Å². The van der Waals surface area contributed by atoms with Crippen LogP contribution >= 0.6 is 11.6 Å². The molecule has 0 aromatic heterocycles. The minimum absolute atomic E-state index is 0.308. The van der Waals surface area contributed by atoms with Crippen LogP contribution in [-0.4, -0.2) is 24.5 Å². The Morgan fingerprint density at radius 2 is 1.60 bits per heavy atom. The summed E-state index contributed by atoms with van der Waals surface area (Å²) in [6, 6.07) is 13.2. The lowest BCUT2D eigenvalue weighted by Gasteiger charge is -2.23. The largest absolute Gasteiger partial charge is 0.326 e. The first-order valence-corrected chi connectivity index (χ1v) is 11.1. The van der Waals surface area contributed by atoms with Gasteiger partial charge in [0.15, 0.2) is 0 Å². The van der Waals surface area contributed by atoms with Crippen molar-refractivity contribution in [1.82, 2.24) is 5.32 Å². The molecule has 0 fully saturated rings. The molecule has 0 heterocycles. The van der Waals surface area contributed by atoms with Crippen molar-refractivity contribution in [3.05, 3.63) is 88.4 Å². The van der Waals surface area contributed by atoms with E-state index in [4.69, 9.17) is 11.6 Å². The molecule has 0 atom stereocenters. The zero-order valence-electron chi connectivity index (χ0n) is 19.0. The molecule has 0 aliphatic carbocycles. The molecule has 0 spiro atoms. The molecule has 0 saturated heterocycles. The third-order valence-electron chi connectivity index (χ3n) is 4.97. The van der Waals surface area contributed by atoms with Crippen molar-refractivity contribution < 1.29 is 23.2 Å². The first kappa shape index (κ1) is 25.6. The Hall–Kier alpha value is -3.98. The van der Waals surface area contributed by atoms with Gasteiger partial charge >= 0.3 is 12.1 Å². The minimum atomic E-state index is -1.21. The number of aryl methyl sites for hydroxylation is 1. The van der Waals surface area contributed by atoms with E-state index in [1.165, 1.54) is 6.07 Å². The van der Waals surface area contributed by atoms with Gasteiger partial charge in [-0.3, -0.25) is 15.0 Å².